The highest BCUT2D eigenvalue weighted by atomic mass is 19.1. The number of aromatic nitrogens is 1. The van der Waals surface area contributed by atoms with Gasteiger partial charge in [0, 0.05) is 61.7 Å². The topological polar surface area (TPSA) is 73.6 Å². The van der Waals surface area contributed by atoms with Crippen molar-refractivity contribution >= 4 is 17.4 Å². The summed E-state index contributed by atoms with van der Waals surface area (Å²) in [6.07, 6.45) is 8.55. The zero-order valence-electron chi connectivity index (χ0n) is 24.0. The maximum absolute atomic E-state index is 13.6. The molecule has 2 aliphatic rings. The molecular formula is C33H38FN5O2. The predicted octanol–water partition coefficient (Wildman–Crippen LogP) is 6.41. The molecule has 41 heavy (non-hydrogen) atoms. The van der Waals surface area contributed by atoms with Crippen LogP contribution in [0, 0.1) is 18.2 Å². The third-order valence-corrected chi connectivity index (χ3v) is 8.00. The average Bonchev–Trinajstić information content (AvgIpc) is 3.64. The van der Waals surface area contributed by atoms with Crippen molar-refractivity contribution in [2.75, 3.05) is 39.0 Å². The van der Waals surface area contributed by atoms with Crippen molar-refractivity contribution in [3.05, 3.63) is 90.4 Å². The second kappa shape index (κ2) is 12.1. The molecule has 0 spiro atoms. The van der Waals surface area contributed by atoms with Gasteiger partial charge in [0.15, 0.2) is 0 Å². The molecule has 0 bridgehead atoms. The first kappa shape index (κ1) is 28.4. The maximum Gasteiger partial charge on any atom is 0.246 e. The summed E-state index contributed by atoms with van der Waals surface area (Å²) in [5, 5.41) is 12.1. The van der Waals surface area contributed by atoms with Crippen LogP contribution >= 0.6 is 0 Å². The van der Waals surface area contributed by atoms with Crippen LogP contribution in [-0.2, 0) is 4.79 Å². The molecule has 1 saturated heterocycles. The number of carbonyl (C=O) groups is 1. The Morgan fingerprint density at radius 1 is 1.20 bits per heavy atom. The van der Waals surface area contributed by atoms with Crippen LogP contribution in [-0.4, -0.2) is 65.8 Å². The molecule has 214 valence electrons. The first-order chi connectivity index (χ1) is 19.8. The molecule has 1 saturated carbocycles. The molecule has 1 atom stereocenters. The summed E-state index contributed by atoms with van der Waals surface area (Å²) < 4.78 is 21.7. The van der Waals surface area contributed by atoms with E-state index in [1.54, 1.807) is 24.3 Å². The summed E-state index contributed by atoms with van der Waals surface area (Å²) in [7, 11) is 3.97. The zero-order valence-corrected chi connectivity index (χ0v) is 24.0. The molecule has 1 aromatic heterocycles. The van der Waals surface area contributed by atoms with Crippen LogP contribution in [0.2, 0.25) is 0 Å². The number of hydrogen-bond acceptors (Lipinski definition) is 5. The van der Waals surface area contributed by atoms with Gasteiger partial charge >= 0.3 is 0 Å². The molecule has 2 heterocycles. The highest BCUT2D eigenvalue weighted by Crippen LogP contribution is 2.41. The number of ether oxygens (including phenoxy) is 1. The standard InChI is InChI=1S/C33H38FN5O2/c1-5-29(35)32-31(23-11-15-27(16-12-23)41-28-9-6-8-24(34)20-28)22(2)39(33(32)36-3)26-17-19-38(21-26)30(40)10-7-18-37(4)25-13-14-25/h5-12,15-16,20,25-26,35-36H,1,13-14,17-19,21H2,2-4H3. The Morgan fingerprint density at radius 3 is 2.61 bits per heavy atom. The van der Waals surface area contributed by atoms with E-state index >= 15 is 0 Å². The van der Waals surface area contributed by atoms with Gasteiger partial charge in [0.2, 0.25) is 5.91 Å². The van der Waals surface area contributed by atoms with Crippen molar-refractivity contribution in [1.82, 2.24) is 14.4 Å². The van der Waals surface area contributed by atoms with Gasteiger partial charge in [0.25, 0.3) is 0 Å². The van der Waals surface area contributed by atoms with E-state index in [1.165, 1.54) is 25.0 Å². The van der Waals surface area contributed by atoms with E-state index in [0.29, 0.717) is 36.3 Å². The van der Waals surface area contributed by atoms with Crippen LogP contribution in [0.25, 0.3) is 11.1 Å². The second-order valence-corrected chi connectivity index (χ2v) is 10.8. The summed E-state index contributed by atoms with van der Waals surface area (Å²) in [4.78, 5) is 17.2. The highest BCUT2D eigenvalue weighted by Gasteiger charge is 2.32. The van der Waals surface area contributed by atoms with Crippen molar-refractivity contribution in [3.8, 4) is 22.6 Å². The fourth-order valence-corrected chi connectivity index (χ4v) is 5.73. The summed E-state index contributed by atoms with van der Waals surface area (Å²) >= 11 is 0. The number of hydrogen-bond donors (Lipinski definition) is 2. The summed E-state index contributed by atoms with van der Waals surface area (Å²) in [6.45, 7) is 8.00. The molecule has 3 aromatic rings. The number of anilines is 1. The first-order valence-corrected chi connectivity index (χ1v) is 14.1. The lowest BCUT2D eigenvalue weighted by molar-refractivity contribution is -0.125. The summed E-state index contributed by atoms with van der Waals surface area (Å²) in [5.74, 6) is 1.54. The monoisotopic (exact) mass is 555 g/mol. The predicted molar refractivity (Wildman–Crippen MR) is 163 cm³/mol. The molecule has 5 rings (SSSR count). The normalized spacial score (nSPS) is 16.9. The Kier molecular flexibility index (Phi) is 8.40. The van der Waals surface area contributed by atoms with Crippen LogP contribution in [0.1, 0.15) is 36.6 Å². The van der Waals surface area contributed by atoms with Gasteiger partial charge in [-0.1, -0.05) is 30.9 Å². The van der Waals surface area contributed by atoms with E-state index in [0.717, 1.165) is 41.2 Å². The molecular weight excluding hydrogens is 517 g/mol. The van der Waals surface area contributed by atoms with Gasteiger partial charge in [-0.15, -0.1) is 0 Å². The number of likely N-dealkylation sites (N-methyl/N-ethyl adjacent to an activating group) is 1. The van der Waals surface area contributed by atoms with Gasteiger partial charge in [-0.25, -0.2) is 4.39 Å². The minimum absolute atomic E-state index is 0.0423. The van der Waals surface area contributed by atoms with E-state index < -0.39 is 0 Å². The fraction of sp³-hybridized carbons (Fsp3) is 0.333. The minimum atomic E-state index is -0.354. The quantitative estimate of drug-likeness (QED) is 0.212. The van der Waals surface area contributed by atoms with Crippen molar-refractivity contribution in [3.63, 3.8) is 0 Å². The van der Waals surface area contributed by atoms with Crippen LogP contribution in [0.3, 0.4) is 0 Å². The number of benzene rings is 2. The van der Waals surface area contributed by atoms with Crippen LogP contribution in [0.4, 0.5) is 10.2 Å². The number of halogens is 1. The Hall–Kier alpha value is -4.17. The lowest BCUT2D eigenvalue weighted by Gasteiger charge is -2.20. The molecule has 8 heteroatoms. The number of carbonyl (C=O) groups excluding carboxylic acids is 1. The van der Waals surface area contributed by atoms with Gasteiger partial charge in [0.05, 0.1) is 11.8 Å². The molecule has 1 aliphatic carbocycles. The Bertz CT molecular complexity index is 1470. The molecule has 2 N–H and O–H groups in total. The van der Waals surface area contributed by atoms with E-state index in [2.05, 4.69) is 35.3 Å². The Morgan fingerprint density at radius 2 is 1.95 bits per heavy atom. The van der Waals surface area contributed by atoms with Gasteiger partial charge in [0.1, 0.15) is 23.1 Å². The molecule has 0 radical (unpaired) electrons. The van der Waals surface area contributed by atoms with Crippen LogP contribution in [0.5, 0.6) is 11.5 Å². The number of nitrogens with one attached hydrogen (secondary N) is 2. The smallest absolute Gasteiger partial charge is 0.246 e. The van der Waals surface area contributed by atoms with Crippen LogP contribution in [0.15, 0.2) is 73.3 Å². The van der Waals surface area contributed by atoms with Gasteiger partial charge < -0.3 is 24.9 Å². The van der Waals surface area contributed by atoms with Crippen LogP contribution < -0.4 is 10.1 Å². The van der Waals surface area contributed by atoms with Crippen molar-refractivity contribution < 1.29 is 13.9 Å². The van der Waals surface area contributed by atoms with Gasteiger partial charge in [-0.3, -0.25) is 9.69 Å². The maximum atomic E-state index is 13.6. The number of amides is 1. The van der Waals surface area contributed by atoms with Crippen molar-refractivity contribution in [2.45, 2.75) is 38.3 Å². The Labute approximate surface area is 241 Å². The molecule has 2 fully saturated rings. The number of nitrogens with zero attached hydrogens (tertiary/aromatic N) is 3. The Balaban J connectivity index is 1.39. The molecule has 1 amide bonds. The van der Waals surface area contributed by atoms with E-state index in [9.17, 15) is 9.18 Å². The third kappa shape index (κ3) is 6.12. The molecule has 2 aromatic carbocycles. The van der Waals surface area contributed by atoms with Crippen molar-refractivity contribution in [2.24, 2.45) is 0 Å². The third-order valence-electron chi connectivity index (χ3n) is 8.00. The average molecular weight is 556 g/mol. The molecule has 1 unspecified atom stereocenters. The van der Waals surface area contributed by atoms with Gasteiger partial charge in [-0.2, -0.15) is 0 Å². The number of allylic oxidation sites excluding steroid dienone is 1. The van der Waals surface area contributed by atoms with E-state index in [4.69, 9.17) is 10.1 Å². The van der Waals surface area contributed by atoms with Crippen molar-refractivity contribution in [1.29, 1.82) is 5.41 Å². The minimum Gasteiger partial charge on any atom is -0.457 e. The highest BCUT2D eigenvalue weighted by molar-refractivity contribution is 6.15. The number of likely N-dealkylation sites (tertiary alicyclic amines) is 1. The SMILES string of the molecule is C=CC(=N)c1c(-c2ccc(Oc3cccc(F)c3)cc2)c(C)n(C2CCN(C(=O)C=CCN(C)C3CC3)C2)c1NC. The lowest BCUT2D eigenvalue weighted by atomic mass is 9.98. The van der Waals surface area contributed by atoms with Gasteiger partial charge in [-0.05, 0) is 69.1 Å². The number of rotatable bonds is 11. The largest absolute Gasteiger partial charge is 0.457 e. The zero-order chi connectivity index (χ0) is 29.1. The lowest BCUT2D eigenvalue weighted by Crippen LogP contribution is -2.28. The molecule has 1 aliphatic heterocycles. The van der Waals surface area contributed by atoms with E-state index in [-0.39, 0.29) is 17.8 Å². The summed E-state index contributed by atoms with van der Waals surface area (Å²) in [5.41, 5.74) is 3.96. The molecule has 7 nitrogen and oxygen atoms in total. The summed E-state index contributed by atoms with van der Waals surface area (Å²) in [6, 6.07) is 14.4. The van der Waals surface area contributed by atoms with E-state index in [1.807, 2.05) is 42.3 Å². The first-order valence-electron chi connectivity index (χ1n) is 14.1. The second-order valence-electron chi connectivity index (χ2n) is 10.8. The fourth-order valence-electron chi connectivity index (χ4n) is 5.73.